The van der Waals surface area contributed by atoms with Crippen molar-refractivity contribution >= 4 is 240 Å². The summed E-state index contributed by atoms with van der Waals surface area (Å²) in [6.45, 7) is 15.2. The van der Waals surface area contributed by atoms with E-state index in [9.17, 15) is 0 Å². The first-order chi connectivity index (χ1) is 44.8. The zero-order valence-corrected chi connectivity index (χ0v) is 93.0. The van der Waals surface area contributed by atoms with Gasteiger partial charge in [-0.25, -0.2) is 0 Å². The van der Waals surface area contributed by atoms with E-state index < -0.39 is 188 Å². The molecule has 518 valence electrons. The Hall–Kier alpha value is 0.993. The van der Waals surface area contributed by atoms with Crippen LogP contribution < -0.4 is 40.1 Å². The van der Waals surface area contributed by atoms with Crippen LogP contribution in [0.2, 0.25) is 95.7 Å². The van der Waals surface area contributed by atoms with Crippen LogP contribution in [0.4, 0.5) is 0 Å². The van der Waals surface area contributed by atoms with E-state index in [4.69, 9.17) is 9.47 Å². The van der Waals surface area contributed by atoms with Crippen LogP contribution in [0, 0.1) is 48.5 Å². The minimum absolute atomic E-state index is 0.470. The Balaban J connectivity index is 0.00000104. The van der Waals surface area contributed by atoms with Crippen LogP contribution in [0.15, 0.2) is 218 Å². The molecule has 0 saturated carbocycles. The Morgan fingerprint density at radius 1 is 0.263 bits per heavy atom. The Morgan fingerprint density at radius 2 is 0.474 bits per heavy atom. The van der Waals surface area contributed by atoms with Crippen molar-refractivity contribution in [1.29, 1.82) is 0 Å². The van der Waals surface area contributed by atoms with Gasteiger partial charge in [-0.05, 0) is 0 Å². The molecule has 95 heavy (non-hydrogen) atoms. The monoisotopic (exact) mass is 2720 g/mol. The summed E-state index contributed by atoms with van der Waals surface area (Å²) in [5.74, 6) is 1.91. The molecule has 0 spiro atoms. The third kappa shape index (κ3) is 46.4. The molecule has 0 bridgehead atoms. The van der Waals surface area contributed by atoms with E-state index in [2.05, 4.69) is 338 Å². The van der Waals surface area contributed by atoms with Gasteiger partial charge in [0.15, 0.2) is 0 Å². The molecule has 0 unspecified atom stereocenters. The van der Waals surface area contributed by atoms with Crippen LogP contribution >= 0.6 is 0 Å². The van der Waals surface area contributed by atoms with Crippen molar-refractivity contribution in [1.82, 2.24) is 0 Å². The average molecular weight is 2730 g/mol. The Morgan fingerprint density at radius 3 is 0.695 bits per heavy atom. The number of hydrogen-bond acceptors (Lipinski definition) is 2. The molecule has 0 saturated heterocycles. The summed E-state index contributed by atoms with van der Waals surface area (Å²) in [6.07, 6.45) is 0. The van der Waals surface area contributed by atoms with Gasteiger partial charge in [-0.3, -0.25) is 0 Å². The second-order valence-corrected chi connectivity index (χ2v) is 95.5. The first-order valence-corrected chi connectivity index (χ1v) is 103. The van der Waals surface area contributed by atoms with E-state index in [1.165, 1.54) is 42.5 Å². The first kappa shape index (κ1) is 96.0. The second-order valence-electron chi connectivity index (χ2n) is 24.6. The Labute approximate surface area is 664 Å². The molecule has 9 rings (SSSR count). The molecule has 0 N–H and O–H groups in total. The fourth-order valence-electron chi connectivity index (χ4n) is 8.46. The van der Waals surface area contributed by atoms with Gasteiger partial charge in [0.2, 0.25) is 0 Å². The summed E-state index contributed by atoms with van der Waals surface area (Å²) in [5.41, 5.74) is 9.90. The van der Waals surface area contributed by atoms with Crippen LogP contribution in [-0.4, -0.2) is 223 Å². The quantitative estimate of drug-likeness (QED) is 0.120. The van der Waals surface area contributed by atoms with Gasteiger partial charge in [0.25, 0.3) is 0 Å². The number of aryl methyl sites for hydroxylation is 7. The predicted octanol–water partition coefficient (Wildman–Crippen LogP) is 17.8. The second kappa shape index (κ2) is 57.3. The molecule has 0 aliphatic carbocycles. The maximum atomic E-state index is 5.07. The average Bonchev–Trinajstić information content (AvgIpc) is 0.898. The number of ether oxygens (including phenoxy) is 2. The van der Waals surface area contributed by atoms with Gasteiger partial charge >= 0.3 is 676 Å². The molecule has 9 aromatic rings. The normalized spacial score (nSPS) is 10.2. The van der Waals surface area contributed by atoms with E-state index >= 15 is 0 Å². The molecule has 0 radical (unpaired) electrons. The van der Waals surface area contributed by atoms with Crippen molar-refractivity contribution in [2.24, 2.45) is 0 Å². The van der Waals surface area contributed by atoms with Crippen molar-refractivity contribution in [2.75, 3.05) is 14.2 Å². The van der Waals surface area contributed by atoms with Crippen LogP contribution in [0.25, 0.3) is 0 Å². The van der Waals surface area contributed by atoms with Gasteiger partial charge in [0.1, 0.15) is 0 Å². The number of rotatable bonds is 11. The molecule has 0 amide bonds. The summed E-state index contributed by atoms with van der Waals surface area (Å²) in [4.78, 5) is 28.5. The summed E-state index contributed by atoms with van der Waals surface area (Å²) < 4.78 is 43.9. The molecule has 0 fully saturated rings. The molecule has 0 heterocycles. The molecule has 0 aromatic heterocycles. The van der Waals surface area contributed by atoms with Crippen molar-refractivity contribution in [3.63, 3.8) is 0 Å². The standard InChI is InChI=1S/C9H11.2C7H7O.4C7H7.2C6H5.C2H6Te.18CH3.4Bi.5Sb/c1-7-4-8(2)6-9(3)5-7;2*1-8-7-5-3-2-4-6-7;4*1-7-5-3-2-4-6-7;2*1-2-4-6-5-3-1;1-3-2;;;;;;;;;;;;;;;;;;;;;;;;;;;/h4-5H,1-3H3;2*3-6H,1H3;4*3-6H,1H3;2*1-5H;1-2H3;18*1H3;;;;;;;;;. The van der Waals surface area contributed by atoms with E-state index in [1.54, 1.807) is 41.3 Å². The maximum absolute atomic E-state index is 5.07. The topological polar surface area (TPSA) is 18.5 Å². The number of hydrogen-bond donors (Lipinski definition) is 0. The molecule has 0 aliphatic rings. The van der Waals surface area contributed by atoms with Crippen molar-refractivity contribution in [2.45, 2.75) is 144 Å². The van der Waals surface area contributed by atoms with E-state index in [1.807, 2.05) is 24.3 Å². The number of benzene rings is 9. The summed E-state index contributed by atoms with van der Waals surface area (Å²) >= 11 is -8.83. The van der Waals surface area contributed by atoms with Gasteiger partial charge in [0, 0.05) is 0 Å². The van der Waals surface area contributed by atoms with Gasteiger partial charge in [-0.1, -0.05) is 0 Å². The fourth-order valence-corrected chi connectivity index (χ4v) is 33.1. The molecule has 2 nitrogen and oxygen atoms in total. The summed E-state index contributed by atoms with van der Waals surface area (Å²) in [6, 6.07) is 79.1. The number of methoxy groups -OCH3 is 2. The van der Waals surface area contributed by atoms with Crippen molar-refractivity contribution in [3.05, 3.63) is 257 Å². The molecule has 0 aliphatic heterocycles. The van der Waals surface area contributed by atoms with Crippen molar-refractivity contribution < 1.29 is 9.47 Å². The zero-order chi connectivity index (χ0) is 72.2. The molecular weight excluding hydrogens is 2600 g/mol. The van der Waals surface area contributed by atoms with Crippen LogP contribution in [0.1, 0.15) is 38.9 Å². The van der Waals surface area contributed by atoms with Gasteiger partial charge in [-0.15, -0.1) is 0 Å². The van der Waals surface area contributed by atoms with Gasteiger partial charge in [-0.2, -0.15) is 0 Å². The van der Waals surface area contributed by atoms with Gasteiger partial charge < -0.3 is 0 Å². The minimum atomic E-state index is -1.18. The van der Waals surface area contributed by atoms with Crippen LogP contribution in [-0.2, 0) is 0 Å². The van der Waals surface area contributed by atoms with E-state index in [-0.39, 0.29) is 0 Å². The van der Waals surface area contributed by atoms with Crippen molar-refractivity contribution in [3.8, 4) is 11.5 Å². The molecule has 0 atom stereocenters. The van der Waals surface area contributed by atoms with E-state index in [0.717, 1.165) is 11.5 Å². The summed E-state index contributed by atoms with van der Waals surface area (Å²) in [5, 5.41) is 0. The molecular formula is C83H123Bi4O2Sb5Te. The molecule has 9 aromatic carbocycles. The summed E-state index contributed by atoms with van der Waals surface area (Å²) in [7, 11) is 3.40. The Bertz CT molecular complexity index is 2990. The van der Waals surface area contributed by atoms with Gasteiger partial charge in [0.05, 0.1) is 0 Å². The van der Waals surface area contributed by atoms with E-state index in [0.29, 0.717) is 20.9 Å². The van der Waals surface area contributed by atoms with Crippen LogP contribution in [0.3, 0.4) is 0 Å². The SMILES string of the molecule is COc1cc[c]([Bi]([CH3])[CH3])cc1.COc1cc[c]([Sb]([CH3])[CH3])cc1.C[Te]C.Cc1cc(C)[c]([Sb]([CH3])[CH3])c(C)c1.Cc1cc[c]([Bi]([CH3])[CH3])cc1.Cc1cc[c]([Bi]([CH3])[CH3])cc1.Cc1cc[c]([Sb]([CH3])[CH3])cc1.Cc1cc[c]([Sb]([CH3])[CH3])cc1.[CH3][Bi]([CH3])[c]1ccccc1.[CH3][Sb]([CH3])[c]1ccccc1. The zero-order valence-electron chi connectivity index (χ0n) is 64.0. The predicted molar refractivity (Wildman–Crippen MR) is 456 cm³/mol. The van der Waals surface area contributed by atoms with Crippen LogP contribution in [0.5, 0.6) is 11.5 Å². The third-order valence-corrected chi connectivity index (χ3v) is 54.5. The fraction of sp³-hybridized carbons (Fsp3) is 0.349. The Kier molecular flexibility index (Phi) is 57.9. The first-order valence-electron chi connectivity index (χ1n) is 32.0. The third-order valence-electron chi connectivity index (χ3n) is 14.0. The molecule has 12 heteroatoms.